The van der Waals surface area contributed by atoms with E-state index >= 15 is 0 Å². The van der Waals surface area contributed by atoms with Crippen LogP contribution in [0, 0.1) is 11.3 Å². The molecule has 2 rings (SSSR count). The standard InChI is InChI=1S/C16H28NO10P3/c1-11-7-8-17(12(2)9-11)15-16(4,5)13(3)14(25-15)10-24-29(20,21)27-30(22,23)26-28(6,18)19/h7-9,13-15H,2,10H2,1,3-6H3,(H,18,19)(H,20,21)(H,22,23). The number of phosphoric acid groups is 2. The van der Waals surface area contributed by atoms with Crippen molar-refractivity contribution >= 4 is 23.2 Å². The minimum Gasteiger partial charge on any atom is -0.352 e. The van der Waals surface area contributed by atoms with Gasteiger partial charge in [0.2, 0.25) is 0 Å². The molecular formula is C16H28NO10P3. The van der Waals surface area contributed by atoms with Gasteiger partial charge in [-0.1, -0.05) is 27.4 Å². The van der Waals surface area contributed by atoms with Gasteiger partial charge in [-0.05, 0) is 30.6 Å². The van der Waals surface area contributed by atoms with Crippen molar-refractivity contribution in [3.63, 3.8) is 0 Å². The normalized spacial score (nSPS) is 32.3. The Balaban J connectivity index is 2.06. The number of nitrogens with zero attached hydrogens (tertiary/aromatic N) is 1. The van der Waals surface area contributed by atoms with E-state index in [0.717, 1.165) is 11.3 Å². The molecule has 1 saturated heterocycles. The fourth-order valence-corrected chi connectivity index (χ4v) is 6.69. The molecule has 14 heteroatoms. The summed E-state index contributed by atoms with van der Waals surface area (Å²) in [6.07, 6.45) is 4.55. The molecule has 6 unspecified atom stereocenters. The average molecular weight is 487 g/mol. The zero-order valence-electron chi connectivity index (χ0n) is 17.4. The van der Waals surface area contributed by atoms with E-state index < -0.39 is 47.6 Å². The van der Waals surface area contributed by atoms with Crippen molar-refractivity contribution in [2.24, 2.45) is 11.3 Å². The topological polar surface area (TPSA) is 152 Å². The highest BCUT2D eigenvalue weighted by molar-refractivity contribution is 7.68. The maximum absolute atomic E-state index is 12.0. The summed E-state index contributed by atoms with van der Waals surface area (Å²) in [6, 6.07) is 0. The fourth-order valence-electron chi connectivity index (χ4n) is 3.21. The summed E-state index contributed by atoms with van der Waals surface area (Å²) in [4.78, 5) is 30.0. The third-order valence-electron chi connectivity index (χ3n) is 5.01. The molecule has 0 bridgehead atoms. The van der Waals surface area contributed by atoms with E-state index in [2.05, 4.69) is 15.2 Å². The highest BCUT2D eigenvalue weighted by atomic mass is 31.3. The highest BCUT2D eigenvalue weighted by Crippen LogP contribution is 2.66. The van der Waals surface area contributed by atoms with Crippen LogP contribution in [0.3, 0.4) is 0 Å². The Morgan fingerprint density at radius 2 is 1.80 bits per heavy atom. The minimum atomic E-state index is -5.31. The lowest BCUT2D eigenvalue weighted by atomic mass is 9.77. The van der Waals surface area contributed by atoms with E-state index in [1.807, 2.05) is 50.9 Å². The summed E-state index contributed by atoms with van der Waals surface area (Å²) in [5.41, 5.74) is 1.35. The van der Waals surface area contributed by atoms with Crippen LogP contribution in [0.2, 0.25) is 0 Å². The van der Waals surface area contributed by atoms with Gasteiger partial charge in [0.05, 0.1) is 12.7 Å². The fraction of sp³-hybridized carbons (Fsp3) is 0.625. The molecule has 3 N–H and O–H groups in total. The first kappa shape index (κ1) is 25.7. The van der Waals surface area contributed by atoms with Crippen LogP contribution in [-0.2, 0) is 31.6 Å². The smallest absolute Gasteiger partial charge is 0.352 e. The minimum absolute atomic E-state index is 0.152. The SMILES string of the molecule is C=C1C=C(C)C=CN1C1OC(COP(=O)(O)OP(=O)(O)OP(C)(=O)O)C(C)C1(C)C. The molecule has 0 aromatic carbocycles. The highest BCUT2D eigenvalue weighted by Gasteiger charge is 2.51. The lowest BCUT2D eigenvalue weighted by Gasteiger charge is -2.38. The van der Waals surface area contributed by atoms with Crippen molar-refractivity contribution in [3.8, 4) is 0 Å². The van der Waals surface area contributed by atoms with Crippen LogP contribution >= 0.6 is 23.2 Å². The Kier molecular flexibility index (Phi) is 7.50. The van der Waals surface area contributed by atoms with Crippen LogP contribution in [0.25, 0.3) is 0 Å². The van der Waals surface area contributed by atoms with Gasteiger partial charge in [-0.15, -0.1) is 0 Å². The number of hydrogen-bond donors (Lipinski definition) is 3. The molecular weight excluding hydrogens is 459 g/mol. The molecule has 0 spiro atoms. The molecule has 30 heavy (non-hydrogen) atoms. The van der Waals surface area contributed by atoms with E-state index in [4.69, 9.17) is 14.2 Å². The van der Waals surface area contributed by atoms with E-state index in [1.165, 1.54) is 0 Å². The van der Waals surface area contributed by atoms with Crippen LogP contribution in [0.5, 0.6) is 0 Å². The molecule has 0 aromatic rings. The number of allylic oxidation sites excluding steroid dienone is 3. The van der Waals surface area contributed by atoms with Crippen LogP contribution in [-0.4, -0.2) is 45.2 Å². The van der Waals surface area contributed by atoms with Gasteiger partial charge >= 0.3 is 23.2 Å². The average Bonchev–Trinajstić information content (AvgIpc) is 2.73. The van der Waals surface area contributed by atoms with Crippen molar-refractivity contribution < 1.29 is 46.3 Å². The number of ether oxygens (including phenoxy) is 1. The number of hydrogen-bond acceptors (Lipinski definition) is 8. The summed E-state index contributed by atoms with van der Waals surface area (Å²) in [5, 5.41) is 0. The second kappa shape index (κ2) is 8.75. The monoisotopic (exact) mass is 487 g/mol. The second-order valence-corrected chi connectivity index (χ2v) is 13.0. The first-order valence-corrected chi connectivity index (χ1v) is 14.0. The molecule has 0 radical (unpaired) electrons. The van der Waals surface area contributed by atoms with Gasteiger partial charge in [0.25, 0.3) is 0 Å². The Morgan fingerprint density at radius 3 is 2.33 bits per heavy atom. The van der Waals surface area contributed by atoms with Gasteiger partial charge in [-0.25, -0.2) is 13.4 Å². The first-order chi connectivity index (χ1) is 13.4. The van der Waals surface area contributed by atoms with Crippen molar-refractivity contribution in [3.05, 3.63) is 36.2 Å². The molecule has 0 aliphatic carbocycles. The number of rotatable bonds is 8. The van der Waals surface area contributed by atoms with Crippen LogP contribution in [0.15, 0.2) is 36.2 Å². The third kappa shape index (κ3) is 6.47. The quantitative estimate of drug-likeness (QED) is 0.430. The lowest BCUT2D eigenvalue weighted by molar-refractivity contribution is -0.0637. The van der Waals surface area contributed by atoms with E-state index in [1.54, 1.807) is 0 Å². The van der Waals surface area contributed by atoms with Gasteiger partial charge in [0.1, 0.15) is 6.23 Å². The van der Waals surface area contributed by atoms with E-state index in [9.17, 15) is 23.5 Å². The second-order valence-electron chi connectivity index (χ2n) is 7.94. The zero-order chi connectivity index (χ0) is 23.1. The van der Waals surface area contributed by atoms with Crippen molar-refractivity contribution in [1.29, 1.82) is 0 Å². The van der Waals surface area contributed by atoms with Crippen molar-refractivity contribution in [2.75, 3.05) is 13.3 Å². The molecule has 0 amide bonds. The maximum atomic E-state index is 12.0. The Morgan fingerprint density at radius 1 is 1.20 bits per heavy atom. The summed E-state index contributed by atoms with van der Waals surface area (Å²) in [7, 11) is -14.9. The molecule has 0 saturated carbocycles. The molecule has 0 aromatic heterocycles. The molecule has 11 nitrogen and oxygen atoms in total. The van der Waals surface area contributed by atoms with Gasteiger partial charge < -0.3 is 24.3 Å². The molecule has 2 heterocycles. The predicted octanol–water partition coefficient (Wildman–Crippen LogP) is 3.73. The lowest BCUT2D eigenvalue weighted by Crippen LogP contribution is -2.41. The Hall–Kier alpha value is -0.570. The predicted molar refractivity (Wildman–Crippen MR) is 109 cm³/mol. The van der Waals surface area contributed by atoms with Gasteiger partial charge in [-0.3, -0.25) is 9.09 Å². The summed E-state index contributed by atoms with van der Waals surface area (Å²) in [6.45, 7) is 12.0. The Labute approximate surface area is 175 Å². The van der Waals surface area contributed by atoms with Crippen molar-refractivity contribution in [2.45, 2.75) is 40.0 Å². The third-order valence-corrected chi connectivity index (χ3v) is 9.17. The summed E-state index contributed by atoms with van der Waals surface area (Å²) < 4.78 is 53.7. The molecule has 6 atom stereocenters. The largest absolute Gasteiger partial charge is 0.488 e. The van der Waals surface area contributed by atoms with Gasteiger partial charge in [0, 0.05) is 24.0 Å². The van der Waals surface area contributed by atoms with E-state index in [-0.39, 0.29) is 5.92 Å². The molecule has 172 valence electrons. The number of phosphoric ester groups is 1. The summed E-state index contributed by atoms with van der Waals surface area (Å²) in [5.74, 6) is -0.152. The molecule has 2 aliphatic heterocycles. The maximum Gasteiger partial charge on any atom is 0.488 e. The van der Waals surface area contributed by atoms with E-state index in [0.29, 0.717) is 6.66 Å². The summed E-state index contributed by atoms with van der Waals surface area (Å²) >= 11 is 0. The Bertz CT molecular complexity index is 892. The first-order valence-electron chi connectivity index (χ1n) is 8.96. The van der Waals surface area contributed by atoms with Crippen molar-refractivity contribution in [1.82, 2.24) is 4.90 Å². The van der Waals surface area contributed by atoms with Gasteiger partial charge in [-0.2, -0.15) is 4.31 Å². The van der Waals surface area contributed by atoms with Crippen LogP contribution in [0.1, 0.15) is 27.7 Å². The molecule has 1 fully saturated rings. The van der Waals surface area contributed by atoms with Crippen LogP contribution in [0.4, 0.5) is 0 Å². The zero-order valence-corrected chi connectivity index (χ0v) is 20.0. The van der Waals surface area contributed by atoms with Gasteiger partial charge in [0.15, 0.2) is 0 Å². The van der Waals surface area contributed by atoms with Crippen LogP contribution < -0.4 is 0 Å². The molecule has 2 aliphatic rings.